The first-order valence-corrected chi connectivity index (χ1v) is 7.13. The zero-order chi connectivity index (χ0) is 11.4. The minimum Gasteiger partial charge on any atom is -0.374 e. The van der Waals surface area contributed by atoms with Gasteiger partial charge in [0.1, 0.15) is 15.8 Å². The van der Waals surface area contributed by atoms with Gasteiger partial charge in [0.15, 0.2) is 0 Å². The normalized spacial score (nSPS) is 31.5. The molecule has 0 aliphatic carbocycles. The van der Waals surface area contributed by atoms with Crippen LogP contribution in [0, 0.1) is 0 Å². The number of nitrogens with zero attached hydrogens (tertiary/aromatic N) is 2. The molecule has 2 aromatic heterocycles. The van der Waals surface area contributed by atoms with E-state index in [9.17, 15) is 0 Å². The van der Waals surface area contributed by atoms with Gasteiger partial charge in [0.05, 0.1) is 12.2 Å². The molecular formula is C12H11ClN2OS. The van der Waals surface area contributed by atoms with Crippen LogP contribution in [0.25, 0.3) is 10.2 Å². The Morgan fingerprint density at radius 2 is 2.29 bits per heavy atom. The number of aromatic nitrogens is 2. The number of fused-ring (bicyclic) bond motifs is 3. The topological polar surface area (TPSA) is 35.0 Å². The maximum Gasteiger partial charge on any atom is 0.141 e. The van der Waals surface area contributed by atoms with Crippen LogP contribution < -0.4 is 0 Å². The smallest absolute Gasteiger partial charge is 0.141 e. The van der Waals surface area contributed by atoms with Crippen LogP contribution in [0.4, 0.5) is 0 Å². The molecule has 4 heterocycles. The van der Waals surface area contributed by atoms with Crippen LogP contribution in [-0.4, -0.2) is 22.2 Å². The summed E-state index contributed by atoms with van der Waals surface area (Å²) in [6.07, 6.45) is 4.12. The molecule has 5 heteroatoms. The lowest BCUT2D eigenvalue weighted by Crippen LogP contribution is -2.17. The summed E-state index contributed by atoms with van der Waals surface area (Å²) in [6.45, 7) is 0. The van der Waals surface area contributed by atoms with E-state index in [1.165, 1.54) is 6.42 Å². The fourth-order valence-corrected chi connectivity index (χ4v) is 3.98. The number of hydrogen-bond donors (Lipinski definition) is 0. The van der Waals surface area contributed by atoms with Crippen LogP contribution in [0.3, 0.4) is 0 Å². The summed E-state index contributed by atoms with van der Waals surface area (Å²) in [5.74, 6) is 1.22. The van der Waals surface area contributed by atoms with E-state index < -0.39 is 0 Å². The summed E-state index contributed by atoms with van der Waals surface area (Å²) in [7, 11) is 0. The van der Waals surface area contributed by atoms with Gasteiger partial charge in [-0.2, -0.15) is 0 Å². The second-order valence-electron chi connectivity index (χ2n) is 4.73. The Hall–Kier alpha value is -0.710. The first-order valence-electron chi connectivity index (χ1n) is 5.87. The van der Waals surface area contributed by atoms with Crippen molar-refractivity contribution in [2.24, 2.45) is 0 Å². The molecule has 17 heavy (non-hydrogen) atoms. The van der Waals surface area contributed by atoms with E-state index in [0.717, 1.165) is 28.9 Å². The largest absolute Gasteiger partial charge is 0.374 e. The third-order valence-electron chi connectivity index (χ3n) is 3.73. The van der Waals surface area contributed by atoms with Crippen molar-refractivity contribution in [2.45, 2.75) is 37.4 Å². The summed E-state index contributed by atoms with van der Waals surface area (Å²) in [6, 6.07) is 1.98. The molecule has 2 bridgehead atoms. The van der Waals surface area contributed by atoms with Crippen molar-refractivity contribution >= 4 is 33.2 Å². The van der Waals surface area contributed by atoms with E-state index in [0.29, 0.717) is 23.3 Å². The molecule has 0 N–H and O–H groups in total. The highest BCUT2D eigenvalue weighted by atomic mass is 35.5. The van der Waals surface area contributed by atoms with Gasteiger partial charge in [-0.3, -0.25) is 0 Å². The molecule has 2 fully saturated rings. The fraction of sp³-hybridized carbons (Fsp3) is 0.500. The van der Waals surface area contributed by atoms with Gasteiger partial charge in [-0.05, 0) is 30.7 Å². The van der Waals surface area contributed by atoms with Crippen LogP contribution in [0.2, 0.25) is 5.15 Å². The lowest BCUT2D eigenvalue weighted by molar-refractivity contribution is 0.0999. The first-order chi connectivity index (χ1) is 8.31. The average molecular weight is 267 g/mol. The Morgan fingerprint density at radius 1 is 1.35 bits per heavy atom. The minimum absolute atomic E-state index is 0.313. The van der Waals surface area contributed by atoms with Crippen molar-refractivity contribution in [3.05, 3.63) is 22.4 Å². The number of ether oxygens (including phenoxy) is 1. The molecule has 3 nitrogen and oxygen atoms in total. The minimum atomic E-state index is 0.313. The van der Waals surface area contributed by atoms with Gasteiger partial charge < -0.3 is 4.74 Å². The van der Waals surface area contributed by atoms with Crippen LogP contribution >= 0.6 is 22.9 Å². The fourth-order valence-electron chi connectivity index (χ4n) is 2.91. The third kappa shape index (κ3) is 1.51. The van der Waals surface area contributed by atoms with Crippen LogP contribution in [-0.2, 0) is 4.74 Å². The zero-order valence-electron chi connectivity index (χ0n) is 9.10. The van der Waals surface area contributed by atoms with Gasteiger partial charge in [0.2, 0.25) is 0 Å². The van der Waals surface area contributed by atoms with Crippen molar-refractivity contribution in [1.82, 2.24) is 9.97 Å². The highest BCUT2D eigenvalue weighted by Gasteiger charge is 2.43. The summed E-state index contributed by atoms with van der Waals surface area (Å²) >= 11 is 7.82. The van der Waals surface area contributed by atoms with Gasteiger partial charge in [-0.15, -0.1) is 11.3 Å². The van der Waals surface area contributed by atoms with Crippen LogP contribution in [0.1, 0.15) is 31.0 Å². The van der Waals surface area contributed by atoms with E-state index in [-0.39, 0.29) is 0 Å². The summed E-state index contributed by atoms with van der Waals surface area (Å²) in [4.78, 5) is 10.1. The van der Waals surface area contributed by atoms with Crippen molar-refractivity contribution in [3.8, 4) is 0 Å². The van der Waals surface area contributed by atoms with E-state index in [4.69, 9.17) is 16.3 Å². The summed E-state index contributed by atoms with van der Waals surface area (Å²) in [5, 5.41) is 3.55. The molecule has 4 rings (SSSR count). The second-order valence-corrected chi connectivity index (χ2v) is 5.98. The molecule has 2 saturated heterocycles. The molecule has 0 radical (unpaired) electrons. The molecule has 3 unspecified atom stereocenters. The third-order valence-corrected chi connectivity index (χ3v) is 4.83. The van der Waals surface area contributed by atoms with Crippen molar-refractivity contribution in [2.75, 3.05) is 0 Å². The molecule has 0 spiro atoms. The molecule has 2 aliphatic heterocycles. The van der Waals surface area contributed by atoms with Crippen molar-refractivity contribution in [3.63, 3.8) is 0 Å². The number of halogens is 1. The SMILES string of the molecule is Clc1nc(C2CC3CCC2O3)nc2sccc12. The molecule has 0 aromatic carbocycles. The average Bonchev–Trinajstić information content (AvgIpc) is 3.04. The Balaban J connectivity index is 1.80. The standard InChI is InChI=1S/C12H11ClN2OS/c13-10-7-3-4-17-12(7)15-11(14-10)8-5-6-1-2-9(8)16-6/h3-4,6,8-9H,1-2,5H2. The van der Waals surface area contributed by atoms with Gasteiger partial charge in [0.25, 0.3) is 0 Å². The Labute approximate surface area is 108 Å². The Kier molecular flexibility index (Phi) is 2.19. The molecule has 0 amide bonds. The molecule has 3 atom stereocenters. The Morgan fingerprint density at radius 3 is 3.06 bits per heavy atom. The van der Waals surface area contributed by atoms with E-state index >= 15 is 0 Å². The predicted octanol–water partition coefficient (Wildman–Crippen LogP) is 3.38. The quantitative estimate of drug-likeness (QED) is 0.742. The van der Waals surface area contributed by atoms with Gasteiger partial charge in [-0.25, -0.2) is 9.97 Å². The maximum atomic E-state index is 6.20. The van der Waals surface area contributed by atoms with Crippen molar-refractivity contribution < 1.29 is 4.74 Å². The van der Waals surface area contributed by atoms with Gasteiger partial charge >= 0.3 is 0 Å². The second kappa shape index (κ2) is 3.64. The summed E-state index contributed by atoms with van der Waals surface area (Å²) in [5.41, 5.74) is 0. The lowest BCUT2D eigenvalue weighted by atomic mass is 9.88. The molecule has 2 aliphatic rings. The molecule has 0 saturated carbocycles. The molecule has 88 valence electrons. The molecule has 2 aromatic rings. The zero-order valence-corrected chi connectivity index (χ0v) is 10.7. The highest BCUT2D eigenvalue weighted by Crippen LogP contribution is 2.44. The monoisotopic (exact) mass is 266 g/mol. The highest BCUT2D eigenvalue weighted by molar-refractivity contribution is 7.16. The van der Waals surface area contributed by atoms with E-state index in [1.807, 2.05) is 11.4 Å². The van der Waals surface area contributed by atoms with Crippen molar-refractivity contribution in [1.29, 1.82) is 0 Å². The number of rotatable bonds is 1. The number of hydrogen-bond acceptors (Lipinski definition) is 4. The van der Waals surface area contributed by atoms with Gasteiger partial charge in [0, 0.05) is 11.3 Å². The number of thiophene rings is 1. The molecular weight excluding hydrogens is 256 g/mol. The summed E-state index contributed by atoms with van der Waals surface area (Å²) < 4.78 is 5.85. The van der Waals surface area contributed by atoms with Crippen LogP contribution in [0.15, 0.2) is 11.4 Å². The van der Waals surface area contributed by atoms with E-state index in [2.05, 4.69) is 9.97 Å². The van der Waals surface area contributed by atoms with E-state index in [1.54, 1.807) is 11.3 Å². The predicted molar refractivity (Wildman–Crippen MR) is 67.7 cm³/mol. The maximum absolute atomic E-state index is 6.20. The first kappa shape index (κ1) is 10.2. The lowest BCUT2D eigenvalue weighted by Gasteiger charge is -2.17. The van der Waals surface area contributed by atoms with Gasteiger partial charge in [-0.1, -0.05) is 11.6 Å². The Bertz CT molecular complexity index is 585. The van der Waals surface area contributed by atoms with Crippen LogP contribution in [0.5, 0.6) is 0 Å².